The zero-order chi connectivity index (χ0) is 23.8. The fourth-order valence-electron chi connectivity index (χ4n) is 3.81. The Bertz CT molecular complexity index is 875. The number of piperazine rings is 1. The molecule has 6 nitrogen and oxygen atoms in total. The van der Waals surface area contributed by atoms with Crippen LogP contribution in [0.1, 0.15) is 25.0 Å². The van der Waals surface area contributed by atoms with Crippen molar-refractivity contribution in [3.05, 3.63) is 57.2 Å². The smallest absolute Gasteiger partial charge is 0.202 e. The van der Waals surface area contributed by atoms with Gasteiger partial charge in [0.15, 0.2) is 6.61 Å². The predicted octanol–water partition coefficient (Wildman–Crippen LogP) is 2.97. The van der Waals surface area contributed by atoms with Gasteiger partial charge in [-0.3, -0.25) is 4.90 Å². The van der Waals surface area contributed by atoms with Crippen LogP contribution in [-0.4, -0.2) is 79.1 Å². The van der Waals surface area contributed by atoms with Gasteiger partial charge >= 0.3 is 0 Å². The van der Waals surface area contributed by atoms with Gasteiger partial charge in [-0.25, -0.2) is 0 Å². The first-order valence-corrected chi connectivity index (χ1v) is 13.0. The third-order valence-electron chi connectivity index (χ3n) is 5.98. The van der Waals surface area contributed by atoms with Crippen LogP contribution in [0, 0.1) is 3.57 Å². The normalized spacial score (nSPS) is 16.9. The molecule has 0 amide bonds. The van der Waals surface area contributed by atoms with Crippen molar-refractivity contribution in [2.24, 2.45) is 0 Å². The van der Waals surface area contributed by atoms with Gasteiger partial charge in [0.2, 0.25) is 6.10 Å². The lowest BCUT2D eigenvalue weighted by atomic mass is 9.78. The van der Waals surface area contributed by atoms with Crippen molar-refractivity contribution in [3.8, 4) is 11.5 Å². The molecule has 1 aliphatic heterocycles. The van der Waals surface area contributed by atoms with E-state index in [-0.39, 0.29) is 24.5 Å². The minimum Gasteiger partial charge on any atom is -0.491 e. The van der Waals surface area contributed by atoms with Gasteiger partial charge in [0.25, 0.3) is 0 Å². The summed E-state index contributed by atoms with van der Waals surface area (Å²) in [6, 6.07) is 14.3. The Morgan fingerprint density at radius 3 is 2.39 bits per heavy atom. The van der Waals surface area contributed by atoms with Crippen LogP contribution >= 0.6 is 34.2 Å². The van der Waals surface area contributed by atoms with Crippen molar-refractivity contribution in [1.82, 2.24) is 10.2 Å². The first-order valence-electron chi connectivity index (χ1n) is 11.3. The monoisotopic (exact) mass is 589 g/mol. The summed E-state index contributed by atoms with van der Waals surface area (Å²) in [5.74, 6) is 1.80. The number of benzene rings is 2. The number of nitrogens with one attached hydrogen (secondary N) is 1. The molecule has 0 saturated carbocycles. The summed E-state index contributed by atoms with van der Waals surface area (Å²) in [6.07, 6.45) is -0.931. The van der Waals surface area contributed by atoms with Crippen molar-refractivity contribution in [3.63, 3.8) is 0 Å². The molecule has 0 spiro atoms. The lowest BCUT2D eigenvalue weighted by Gasteiger charge is -2.29. The molecule has 1 aliphatic rings. The Hall–Kier alpha value is -1.10. The number of aliphatic hydroxyl groups excluding tert-OH is 1. The van der Waals surface area contributed by atoms with Crippen molar-refractivity contribution >= 4 is 34.2 Å². The van der Waals surface area contributed by atoms with E-state index in [9.17, 15) is 5.11 Å². The van der Waals surface area contributed by atoms with E-state index in [1.807, 2.05) is 18.2 Å². The molecule has 0 aromatic heterocycles. The Morgan fingerprint density at radius 1 is 1.09 bits per heavy atom. The maximum atomic E-state index is 10.3. The molecular weight excluding hydrogens is 555 g/mol. The summed E-state index contributed by atoms with van der Waals surface area (Å²) >= 11 is 7.98. The van der Waals surface area contributed by atoms with E-state index in [0.717, 1.165) is 41.2 Å². The van der Waals surface area contributed by atoms with Gasteiger partial charge in [0.1, 0.15) is 24.2 Å². The molecule has 2 aromatic rings. The number of halogens is 2. The minimum atomic E-state index is -0.503. The number of hydrogen-bond acceptors (Lipinski definition) is 5. The van der Waals surface area contributed by atoms with Gasteiger partial charge in [0.05, 0.1) is 9.45 Å². The van der Waals surface area contributed by atoms with Crippen LogP contribution in [0.25, 0.3) is 0 Å². The van der Waals surface area contributed by atoms with Crippen molar-refractivity contribution in [2.45, 2.75) is 31.5 Å². The number of alkyl halides is 1. The molecule has 2 unspecified atom stereocenters. The first kappa shape index (κ1) is 26.5. The molecule has 3 rings (SSSR count). The van der Waals surface area contributed by atoms with E-state index in [2.05, 4.69) is 70.9 Å². The van der Waals surface area contributed by atoms with E-state index in [1.165, 1.54) is 11.1 Å². The van der Waals surface area contributed by atoms with E-state index in [0.29, 0.717) is 6.54 Å². The average molecular weight is 590 g/mol. The summed E-state index contributed by atoms with van der Waals surface area (Å²) < 4.78 is 12.6. The maximum Gasteiger partial charge on any atom is 0.202 e. The van der Waals surface area contributed by atoms with E-state index < -0.39 is 12.2 Å². The standard InChI is InChI=1S/C25H34ClIN2O4/c1-25(2,19-5-8-24(23(27)13-19)33-16-20(30)14-26)18-3-6-22(7-4-18)32-17-21(31)15-29-11-9-28-10-12-29/h3-8,13,20-21,28,30-31H,9-12,14-17H2,1-2H3/p+1. The highest BCUT2D eigenvalue weighted by molar-refractivity contribution is 14.1. The van der Waals surface area contributed by atoms with Crippen LogP contribution in [-0.2, 0) is 5.41 Å². The van der Waals surface area contributed by atoms with E-state index >= 15 is 0 Å². The predicted molar refractivity (Wildman–Crippen MR) is 142 cm³/mol. The van der Waals surface area contributed by atoms with Gasteiger partial charge in [-0.2, -0.15) is 0 Å². The number of β-amino-alcohol motifs (C(OH)–C–C–N with tert-alkyl or cyclic N) is 1. The molecule has 0 bridgehead atoms. The third-order valence-corrected chi connectivity index (χ3v) is 7.19. The molecule has 182 valence electrons. The Morgan fingerprint density at radius 2 is 1.76 bits per heavy atom. The zero-order valence-electron chi connectivity index (χ0n) is 19.3. The highest BCUT2D eigenvalue weighted by Crippen LogP contribution is 2.35. The topological polar surface area (TPSA) is 76.9 Å². The zero-order valence-corrected chi connectivity index (χ0v) is 22.2. The highest BCUT2D eigenvalue weighted by Gasteiger charge is 2.24. The lowest BCUT2D eigenvalue weighted by Crippen LogP contribution is -2.47. The SMILES string of the molecule is CC(C)(c1ccc(OCC(O)CN2CCNCC2)cc1)c1ccc(OCC([OH2+])CCl)c(I)c1. The second-order valence-corrected chi connectivity index (χ2v) is 10.4. The van der Waals surface area contributed by atoms with Crippen molar-refractivity contribution in [2.75, 3.05) is 51.8 Å². The lowest BCUT2D eigenvalue weighted by molar-refractivity contribution is 0.0641. The number of ether oxygens (including phenoxy) is 2. The van der Waals surface area contributed by atoms with E-state index in [1.54, 1.807) is 0 Å². The summed E-state index contributed by atoms with van der Waals surface area (Å²) in [4.78, 5) is 2.26. The maximum absolute atomic E-state index is 10.3. The number of hydrogen-bond donors (Lipinski definition) is 2. The van der Waals surface area contributed by atoms with Gasteiger partial charge in [0, 0.05) is 38.1 Å². The van der Waals surface area contributed by atoms with Gasteiger partial charge in [-0.05, 0) is 58.0 Å². The second-order valence-electron chi connectivity index (χ2n) is 8.97. The molecule has 2 atom stereocenters. The summed E-state index contributed by atoms with van der Waals surface area (Å²) in [6.45, 7) is 9.47. The van der Waals surface area contributed by atoms with Crippen LogP contribution in [0.3, 0.4) is 0 Å². The summed E-state index contributed by atoms with van der Waals surface area (Å²) in [5.41, 5.74) is 2.15. The molecule has 33 heavy (non-hydrogen) atoms. The molecule has 1 fully saturated rings. The molecule has 0 radical (unpaired) electrons. The van der Waals surface area contributed by atoms with Crippen molar-refractivity contribution in [1.29, 1.82) is 0 Å². The Kier molecular flexibility index (Phi) is 10.1. The Labute approximate surface area is 215 Å². The second kappa shape index (κ2) is 12.6. The quantitative estimate of drug-likeness (QED) is 0.240. The Balaban J connectivity index is 1.57. The number of nitrogens with zero attached hydrogens (tertiary/aromatic N) is 1. The first-order chi connectivity index (χ1) is 15.8. The average Bonchev–Trinajstić information content (AvgIpc) is 2.82. The fraction of sp³-hybridized carbons (Fsp3) is 0.520. The molecule has 2 aromatic carbocycles. The summed E-state index contributed by atoms with van der Waals surface area (Å²) in [7, 11) is 0. The third kappa shape index (κ3) is 7.70. The van der Waals surface area contributed by atoms with Gasteiger partial charge in [-0.15, -0.1) is 11.6 Å². The van der Waals surface area contributed by atoms with E-state index in [4.69, 9.17) is 26.2 Å². The molecule has 0 aliphatic carbocycles. The number of rotatable bonds is 11. The fourth-order valence-corrected chi connectivity index (χ4v) is 4.57. The van der Waals surface area contributed by atoms with Gasteiger partial charge < -0.3 is 25.0 Å². The largest absolute Gasteiger partial charge is 0.491 e. The molecule has 1 saturated heterocycles. The molecule has 8 heteroatoms. The molecule has 4 N–H and O–H groups in total. The van der Waals surface area contributed by atoms with Crippen LogP contribution in [0.2, 0.25) is 0 Å². The summed E-state index contributed by atoms with van der Waals surface area (Å²) in [5, 5.41) is 21.4. The molecule has 1 heterocycles. The minimum absolute atomic E-state index is 0.201. The van der Waals surface area contributed by atoms with Crippen LogP contribution in [0.5, 0.6) is 11.5 Å². The van der Waals surface area contributed by atoms with Gasteiger partial charge in [-0.1, -0.05) is 32.0 Å². The van der Waals surface area contributed by atoms with Crippen molar-refractivity contribution < 1.29 is 19.7 Å². The number of aliphatic hydroxyl groups is 1. The highest BCUT2D eigenvalue weighted by atomic mass is 127. The van der Waals surface area contributed by atoms with Crippen LogP contribution < -0.4 is 14.8 Å². The van der Waals surface area contributed by atoms with Crippen LogP contribution in [0.4, 0.5) is 0 Å². The molecular formula is C25H35ClIN2O4+. The van der Waals surface area contributed by atoms with Crippen LogP contribution in [0.15, 0.2) is 42.5 Å².